The van der Waals surface area contributed by atoms with Gasteiger partial charge in [0.2, 0.25) is 0 Å². The average molecular weight is 332 g/mol. The molecular formula is C19H32N4O. The molecule has 0 radical (unpaired) electrons. The van der Waals surface area contributed by atoms with Gasteiger partial charge in [-0.05, 0) is 31.4 Å². The van der Waals surface area contributed by atoms with Crippen molar-refractivity contribution >= 4 is 11.6 Å². The van der Waals surface area contributed by atoms with Crippen molar-refractivity contribution in [1.29, 1.82) is 0 Å². The van der Waals surface area contributed by atoms with Gasteiger partial charge in [0.05, 0.1) is 19.8 Å². The fourth-order valence-corrected chi connectivity index (χ4v) is 2.62. The van der Waals surface area contributed by atoms with E-state index >= 15 is 0 Å². The van der Waals surface area contributed by atoms with Crippen molar-refractivity contribution < 1.29 is 4.74 Å². The summed E-state index contributed by atoms with van der Waals surface area (Å²) in [6.07, 6.45) is 0. The van der Waals surface area contributed by atoms with Gasteiger partial charge in [-0.15, -0.1) is 0 Å². The van der Waals surface area contributed by atoms with E-state index in [1.54, 1.807) is 0 Å². The fourth-order valence-electron chi connectivity index (χ4n) is 2.62. The van der Waals surface area contributed by atoms with E-state index in [1.807, 2.05) is 0 Å². The highest BCUT2D eigenvalue weighted by atomic mass is 16.5. The fraction of sp³-hybridized carbons (Fsp3) is 0.632. The molecule has 0 amide bonds. The molecule has 1 atom stereocenters. The zero-order valence-corrected chi connectivity index (χ0v) is 15.5. The molecular weight excluding hydrogens is 300 g/mol. The minimum absolute atomic E-state index is 0.386. The summed E-state index contributed by atoms with van der Waals surface area (Å²) in [6.45, 7) is 13.8. The monoisotopic (exact) mass is 332 g/mol. The number of morpholine rings is 1. The topological polar surface area (TPSA) is 48.9 Å². The molecule has 0 bridgehead atoms. The van der Waals surface area contributed by atoms with Crippen LogP contribution in [0, 0.1) is 5.92 Å². The van der Waals surface area contributed by atoms with Gasteiger partial charge in [0.1, 0.15) is 0 Å². The van der Waals surface area contributed by atoms with Gasteiger partial charge in [-0.25, -0.2) is 4.99 Å². The molecule has 0 aromatic heterocycles. The quantitative estimate of drug-likeness (QED) is 0.621. The lowest BCUT2D eigenvalue weighted by Crippen LogP contribution is -2.44. The molecule has 1 fully saturated rings. The zero-order chi connectivity index (χ0) is 17.4. The maximum atomic E-state index is 5.47. The van der Waals surface area contributed by atoms with Crippen LogP contribution in [0.2, 0.25) is 0 Å². The molecule has 134 valence electrons. The minimum atomic E-state index is 0.386. The number of nitrogens with one attached hydrogen (secondary N) is 2. The Kier molecular flexibility index (Phi) is 7.37. The van der Waals surface area contributed by atoms with Crippen molar-refractivity contribution in [2.24, 2.45) is 10.9 Å². The summed E-state index contributed by atoms with van der Waals surface area (Å²) in [5, 5.41) is 6.83. The van der Waals surface area contributed by atoms with Crippen LogP contribution in [0.25, 0.3) is 0 Å². The van der Waals surface area contributed by atoms with Crippen molar-refractivity contribution in [3.05, 3.63) is 29.8 Å². The summed E-state index contributed by atoms with van der Waals surface area (Å²) in [5.74, 6) is 1.45. The number of rotatable bonds is 6. The maximum Gasteiger partial charge on any atom is 0.191 e. The number of guanidine groups is 1. The molecule has 1 aliphatic heterocycles. The van der Waals surface area contributed by atoms with Crippen LogP contribution in [0.1, 0.15) is 33.3 Å². The van der Waals surface area contributed by atoms with Gasteiger partial charge < -0.3 is 20.3 Å². The van der Waals surface area contributed by atoms with Gasteiger partial charge in [-0.3, -0.25) is 0 Å². The first-order valence-corrected chi connectivity index (χ1v) is 9.07. The first kappa shape index (κ1) is 18.6. The molecule has 5 heteroatoms. The molecule has 24 heavy (non-hydrogen) atoms. The summed E-state index contributed by atoms with van der Waals surface area (Å²) in [4.78, 5) is 7.19. The maximum absolute atomic E-state index is 5.47. The number of anilines is 1. The highest BCUT2D eigenvalue weighted by Crippen LogP contribution is 2.22. The Morgan fingerprint density at radius 1 is 1.21 bits per heavy atom. The van der Waals surface area contributed by atoms with E-state index in [2.05, 4.69) is 67.5 Å². The summed E-state index contributed by atoms with van der Waals surface area (Å²) >= 11 is 0. The van der Waals surface area contributed by atoms with Crippen LogP contribution in [0.5, 0.6) is 0 Å². The van der Waals surface area contributed by atoms with Crippen molar-refractivity contribution in [3.8, 4) is 0 Å². The van der Waals surface area contributed by atoms with Crippen LogP contribution in [0.3, 0.4) is 0 Å². The third-order valence-electron chi connectivity index (χ3n) is 4.46. The zero-order valence-electron chi connectivity index (χ0n) is 15.5. The number of hydrogen-bond donors (Lipinski definition) is 2. The normalized spacial score (nSPS) is 17.0. The van der Waals surface area contributed by atoms with Gasteiger partial charge in [-0.2, -0.15) is 0 Å². The number of ether oxygens (including phenoxy) is 1. The third kappa shape index (κ3) is 5.41. The highest BCUT2D eigenvalue weighted by molar-refractivity contribution is 5.80. The molecule has 2 N–H and O–H groups in total. The van der Waals surface area contributed by atoms with Crippen LogP contribution < -0.4 is 15.5 Å². The molecule has 1 heterocycles. The van der Waals surface area contributed by atoms with Crippen LogP contribution >= 0.6 is 0 Å². The SMILES string of the molecule is CCNC(=NCc1ccccc1N1CCOCC1)NC(C)C(C)C. The first-order chi connectivity index (χ1) is 11.6. The van der Waals surface area contributed by atoms with E-state index in [-0.39, 0.29) is 0 Å². The molecule has 1 aromatic carbocycles. The molecule has 0 saturated carbocycles. The lowest BCUT2D eigenvalue weighted by molar-refractivity contribution is 0.122. The Balaban J connectivity index is 2.10. The Morgan fingerprint density at radius 3 is 2.58 bits per heavy atom. The van der Waals surface area contributed by atoms with Crippen LogP contribution in [0.15, 0.2) is 29.3 Å². The Bertz CT molecular complexity index is 524. The van der Waals surface area contributed by atoms with Gasteiger partial charge in [0.15, 0.2) is 5.96 Å². The number of nitrogens with zero attached hydrogens (tertiary/aromatic N) is 2. The summed E-state index contributed by atoms with van der Waals surface area (Å²) in [5.41, 5.74) is 2.53. The van der Waals surface area contributed by atoms with Gasteiger partial charge in [0.25, 0.3) is 0 Å². The minimum Gasteiger partial charge on any atom is -0.378 e. The third-order valence-corrected chi connectivity index (χ3v) is 4.46. The largest absolute Gasteiger partial charge is 0.378 e. The molecule has 5 nitrogen and oxygen atoms in total. The lowest BCUT2D eigenvalue weighted by atomic mass is 10.1. The summed E-state index contributed by atoms with van der Waals surface area (Å²) < 4.78 is 5.47. The van der Waals surface area contributed by atoms with E-state index < -0.39 is 0 Å². The van der Waals surface area contributed by atoms with Crippen LogP contribution in [-0.2, 0) is 11.3 Å². The van der Waals surface area contributed by atoms with E-state index in [1.165, 1.54) is 11.3 Å². The standard InChI is InChI=1S/C19H32N4O/c1-5-20-19(22-16(4)15(2)3)21-14-17-8-6-7-9-18(17)23-10-12-24-13-11-23/h6-9,15-16H,5,10-14H2,1-4H3,(H2,20,21,22). The van der Waals surface area contributed by atoms with E-state index in [4.69, 9.17) is 9.73 Å². The van der Waals surface area contributed by atoms with Crippen molar-refractivity contribution in [1.82, 2.24) is 10.6 Å². The predicted molar refractivity (Wildman–Crippen MR) is 102 cm³/mol. The van der Waals surface area contributed by atoms with E-state index in [9.17, 15) is 0 Å². The van der Waals surface area contributed by atoms with Gasteiger partial charge in [-0.1, -0.05) is 32.0 Å². The molecule has 0 aliphatic carbocycles. The van der Waals surface area contributed by atoms with Crippen molar-refractivity contribution in [2.75, 3.05) is 37.7 Å². The molecule has 0 spiro atoms. The molecule has 1 unspecified atom stereocenters. The highest BCUT2D eigenvalue weighted by Gasteiger charge is 2.14. The van der Waals surface area contributed by atoms with Crippen molar-refractivity contribution in [3.63, 3.8) is 0 Å². The van der Waals surface area contributed by atoms with Crippen LogP contribution in [-0.4, -0.2) is 44.8 Å². The number of aliphatic imine (C=N–C) groups is 1. The predicted octanol–water partition coefficient (Wildman–Crippen LogP) is 2.62. The van der Waals surface area contributed by atoms with Gasteiger partial charge >= 0.3 is 0 Å². The number of para-hydroxylation sites is 1. The average Bonchev–Trinajstić information content (AvgIpc) is 2.60. The second-order valence-corrected chi connectivity index (χ2v) is 6.60. The number of benzene rings is 1. The van der Waals surface area contributed by atoms with Crippen LogP contribution in [0.4, 0.5) is 5.69 Å². The molecule has 2 rings (SSSR count). The van der Waals surface area contributed by atoms with Crippen molar-refractivity contribution in [2.45, 2.75) is 40.3 Å². The Morgan fingerprint density at radius 2 is 1.92 bits per heavy atom. The molecule has 1 aliphatic rings. The first-order valence-electron chi connectivity index (χ1n) is 9.07. The van der Waals surface area contributed by atoms with E-state index in [0.29, 0.717) is 18.5 Å². The second-order valence-electron chi connectivity index (χ2n) is 6.60. The summed E-state index contributed by atoms with van der Waals surface area (Å²) in [7, 11) is 0. The molecule has 1 aromatic rings. The summed E-state index contributed by atoms with van der Waals surface area (Å²) in [6, 6.07) is 8.93. The Labute approximate surface area is 146 Å². The second kappa shape index (κ2) is 9.52. The smallest absolute Gasteiger partial charge is 0.191 e. The van der Waals surface area contributed by atoms with E-state index in [0.717, 1.165) is 38.8 Å². The molecule has 1 saturated heterocycles. The Hall–Kier alpha value is -1.75. The lowest BCUT2D eigenvalue weighted by Gasteiger charge is -2.30. The van der Waals surface area contributed by atoms with Gasteiger partial charge in [0, 0.05) is 31.4 Å². The number of hydrogen-bond acceptors (Lipinski definition) is 3.